The monoisotopic (exact) mass is 392 g/mol. The van der Waals surface area contributed by atoms with Crippen molar-refractivity contribution in [1.29, 1.82) is 0 Å². The highest BCUT2D eigenvalue weighted by Crippen LogP contribution is 2.31. The minimum atomic E-state index is -3.98. The highest BCUT2D eigenvalue weighted by Gasteiger charge is 2.39. The van der Waals surface area contributed by atoms with Crippen LogP contribution in [0.1, 0.15) is 28.9 Å². The number of halogens is 1. The lowest BCUT2D eigenvalue weighted by Crippen LogP contribution is -2.52. The minimum absolute atomic E-state index is 0.0214. The largest absolute Gasteiger partial charge is 0.353 e. The smallest absolute Gasteiger partial charge is 0.244 e. The van der Waals surface area contributed by atoms with Gasteiger partial charge in [-0.05, 0) is 36.8 Å². The molecule has 1 heterocycles. The fraction of sp³-hybridized carbons (Fsp3) is 0.222. The van der Waals surface area contributed by atoms with Crippen molar-refractivity contribution in [3.8, 4) is 0 Å². The molecular formula is C18H17ClN2O4S. The van der Waals surface area contributed by atoms with E-state index in [1.807, 2.05) is 0 Å². The first-order valence-corrected chi connectivity index (χ1v) is 9.78. The Kier molecular flexibility index (Phi) is 5.13. The molecule has 1 atom stereocenters. The third kappa shape index (κ3) is 3.51. The zero-order valence-corrected chi connectivity index (χ0v) is 15.5. The first kappa shape index (κ1) is 18.6. The van der Waals surface area contributed by atoms with Crippen molar-refractivity contribution >= 4 is 33.3 Å². The lowest BCUT2D eigenvalue weighted by atomic mass is 10.0. The van der Waals surface area contributed by atoms with E-state index in [1.54, 1.807) is 30.3 Å². The third-order valence-corrected chi connectivity index (χ3v) is 6.27. The summed E-state index contributed by atoms with van der Waals surface area (Å²) >= 11 is 6.01. The van der Waals surface area contributed by atoms with E-state index >= 15 is 0 Å². The normalized spacial score (nSPS) is 18.4. The van der Waals surface area contributed by atoms with Crippen molar-refractivity contribution in [2.75, 3.05) is 13.1 Å². The number of Topliss-reactive ketones (excluding diaryl/α,β-unsaturated/α-hetero) is 1. The number of rotatable bonds is 4. The van der Waals surface area contributed by atoms with Gasteiger partial charge in [0.2, 0.25) is 15.9 Å². The summed E-state index contributed by atoms with van der Waals surface area (Å²) in [7, 11) is -3.98. The van der Waals surface area contributed by atoms with Gasteiger partial charge in [0, 0.05) is 23.7 Å². The van der Waals surface area contributed by atoms with Crippen LogP contribution < -0.4 is 5.32 Å². The molecule has 0 bridgehead atoms. The first-order valence-electron chi connectivity index (χ1n) is 7.97. The number of piperazine rings is 1. The number of hydrogen-bond acceptors (Lipinski definition) is 4. The van der Waals surface area contributed by atoms with Crippen LogP contribution in [0, 0.1) is 0 Å². The quantitative estimate of drug-likeness (QED) is 0.810. The van der Waals surface area contributed by atoms with E-state index in [9.17, 15) is 18.0 Å². The Morgan fingerprint density at radius 1 is 1.19 bits per heavy atom. The van der Waals surface area contributed by atoms with Gasteiger partial charge in [0.05, 0.1) is 4.90 Å². The van der Waals surface area contributed by atoms with Crippen LogP contribution in [0.2, 0.25) is 5.02 Å². The average molecular weight is 393 g/mol. The molecule has 8 heteroatoms. The predicted octanol–water partition coefficient (Wildman–Crippen LogP) is 2.40. The summed E-state index contributed by atoms with van der Waals surface area (Å²) < 4.78 is 27.5. The Labute approximate surface area is 156 Å². The maximum absolute atomic E-state index is 13.2. The molecule has 2 aromatic rings. The maximum atomic E-state index is 13.2. The minimum Gasteiger partial charge on any atom is -0.353 e. The number of carbonyl (C=O) groups excluding carboxylic acids is 2. The Bertz CT molecular complexity index is 975. The number of carbonyl (C=O) groups is 2. The van der Waals surface area contributed by atoms with E-state index in [0.29, 0.717) is 16.1 Å². The van der Waals surface area contributed by atoms with Gasteiger partial charge in [-0.25, -0.2) is 8.42 Å². The van der Waals surface area contributed by atoms with E-state index in [2.05, 4.69) is 5.32 Å². The fourth-order valence-corrected chi connectivity index (χ4v) is 4.73. The lowest BCUT2D eigenvalue weighted by molar-refractivity contribution is -0.126. The second kappa shape index (κ2) is 7.19. The number of amides is 1. The average Bonchev–Trinajstić information content (AvgIpc) is 2.61. The molecule has 6 nitrogen and oxygen atoms in total. The molecule has 1 fully saturated rings. The Morgan fingerprint density at radius 3 is 2.62 bits per heavy atom. The van der Waals surface area contributed by atoms with Gasteiger partial charge in [0.1, 0.15) is 6.04 Å². The first-order chi connectivity index (χ1) is 12.3. The van der Waals surface area contributed by atoms with Crippen molar-refractivity contribution in [2.45, 2.75) is 17.9 Å². The number of sulfonamides is 1. The van der Waals surface area contributed by atoms with Gasteiger partial charge in [0.15, 0.2) is 5.78 Å². The number of hydrogen-bond donors (Lipinski definition) is 1. The molecule has 3 rings (SSSR count). The second-order valence-electron chi connectivity index (χ2n) is 5.95. The molecule has 1 aliphatic rings. The van der Waals surface area contributed by atoms with Crippen molar-refractivity contribution in [2.24, 2.45) is 0 Å². The molecule has 1 aliphatic heterocycles. The van der Waals surface area contributed by atoms with E-state index in [4.69, 9.17) is 11.6 Å². The van der Waals surface area contributed by atoms with E-state index in [0.717, 1.165) is 4.31 Å². The fourth-order valence-electron chi connectivity index (χ4n) is 2.91. The Hall–Kier alpha value is -2.22. The number of ketones is 1. The van der Waals surface area contributed by atoms with Gasteiger partial charge in [0.25, 0.3) is 0 Å². The van der Waals surface area contributed by atoms with E-state index in [1.165, 1.54) is 25.1 Å². The number of nitrogens with one attached hydrogen (secondary N) is 1. The zero-order valence-electron chi connectivity index (χ0n) is 14.0. The summed E-state index contributed by atoms with van der Waals surface area (Å²) in [4.78, 5) is 24.0. The topological polar surface area (TPSA) is 83.6 Å². The molecule has 0 radical (unpaired) electrons. The van der Waals surface area contributed by atoms with Crippen LogP contribution in [0.25, 0.3) is 0 Å². The SMILES string of the molecule is CC(=O)c1cccc(S(=O)(=O)N2CCNC(=O)C2c2cccc(Cl)c2)c1. The van der Waals surface area contributed by atoms with E-state index in [-0.39, 0.29) is 23.8 Å². The van der Waals surface area contributed by atoms with Gasteiger partial charge in [-0.2, -0.15) is 4.31 Å². The second-order valence-corrected chi connectivity index (χ2v) is 8.28. The summed E-state index contributed by atoms with van der Waals surface area (Å²) in [6.45, 7) is 1.70. The molecule has 1 unspecified atom stereocenters. The third-order valence-electron chi connectivity index (χ3n) is 4.18. The Morgan fingerprint density at radius 2 is 1.92 bits per heavy atom. The van der Waals surface area contributed by atoms with Crippen LogP contribution in [0.4, 0.5) is 0 Å². The van der Waals surface area contributed by atoms with Gasteiger partial charge in [-0.15, -0.1) is 0 Å². The molecule has 1 amide bonds. The summed E-state index contributed by atoms with van der Waals surface area (Å²) in [6, 6.07) is 11.4. The molecule has 1 N–H and O–H groups in total. The van der Waals surface area contributed by atoms with Crippen LogP contribution in [-0.4, -0.2) is 37.5 Å². The van der Waals surface area contributed by atoms with Gasteiger partial charge < -0.3 is 5.32 Å². The standard InChI is InChI=1S/C18H17ClN2O4S/c1-12(22)13-4-3-7-16(11-13)26(24,25)21-9-8-20-18(23)17(21)14-5-2-6-15(19)10-14/h2-7,10-11,17H,8-9H2,1H3,(H,20,23). The highest BCUT2D eigenvalue weighted by molar-refractivity contribution is 7.89. The van der Waals surface area contributed by atoms with Crippen molar-refractivity contribution in [3.05, 3.63) is 64.7 Å². The molecule has 0 saturated carbocycles. The maximum Gasteiger partial charge on any atom is 0.244 e. The van der Waals surface area contributed by atoms with Crippen LogP contribution in [0.5, 0.6) is 0 Å². The van der Waals surface area contributed by atoms with Crippen molar-refractivity contribution < 1.29 is 18.0 Å². The molecular weight excluding hydrogens is 376 g/mol. The molecule has 0 aromatic heterocycles. The van der Waals surface area contributed by atoms with Crippen LogP contribution in [0.15, 0.2) is 53.4 Å². The van der Waals surface area contributed by atoms with Gasteiger partial charge in [-0.3, -0.25) is 9.59 Å². The van der Waals surface area contributed by atoms with Gasteiger partial charge in [-0.1, -0.05) is 35.9 Å². The summed E-state index contributed by atoms with van der Waals surface area (Å²) in [5, 5.41) is 3.10. The molecule has 0 spiro atoms. The van der Waals surface area contributed by atoms with Crippen LogP contribution in [0.3, 0.4) is 0 Å². The predicted molar refractivity (Wildman–Crippen MR) is 97.5 cm³/mol. The molecule has 1 saturated heterocycles. The van der Waals surface area contributed by atoms with Crippen molar-refractivity contribution in [1.82, 2.24) is 9.62 Å². The lowest BCUT2D eigenvalue weighted by Gasteiger charge is -2.34. The highest BCUT2D eigenvalue weighted by atomic mass is 35.5. The number of benzene rings is 2. The Balaban J connectivity index is 2.08. The molecule has 26 heavy (non-hydrogen) atoms. The summed E-state index contributed by atoms with van der Waals surface area (Å²) in [5.41, 5.74) is 0.785. The van der Waals surface area contributed by atoms with Crippen LogP contribution >= 0.6 is 11.6 Å². The number of nitrogens with zero attached hydrogens (tertiary/aromatic N) is 1. The molecule has 136 valence electrons. The van der Waals surface area contributed by atoms with E-state index < -0.39 is 22.0 Å². The summed E-state index contributed by atoms with van der Waals surface area (Å²) in [6.07, 6.45) is 0. The van der Waals surface area contributed by atoms with Crippen molar-refractivity contribution in [3.63, 3.8) is 0 Å². The zero-order chi connectivity index (χ0) is 18.9. The van der Waals surface area contributed by atoms with Gasteiger partial charge >= 0.3 is 0 Å². The molecule has 2 aromatic carbocycles. The molecule has 0 aliphatic carbocycles. The van der Waals surface area contributed by atoms with Crippen LogP contribution in [-0.2, 0) is 14.8 Å². The summed E-state index contributed by atoms with van der Waals surface area (Å²) in [5.74, 6) is -0.644.